The van der Waals surface area contributed by atoms with Crippen LogP contribution in [0, 0.1) is 17.7 Å². The minimum atomic E-state index is -0.912. The zero-order valence-electron chi connectivity index (χ0n) is 8.78. The van der Waals surface area contributed by atoms with Gasteiger partial charge in [-0.15, -0.1) is 23.8 Å². The molecule has 0 aliphatic heterocycles. The van der Waals surface area contributed by atoms with Crippen molar-refractivity contribution in [3.63, 3.8) is 0 Å². The molecule has 0 fully saturated rings. The van der Waals surface area contributed by atoms with E-state index >= 15 is 0 Å². The molecule has 0 saturated heterocycles. The van der Waals surface area contributed by atoms with Crippen LogP contribution in [0.4, 0.5) is 8.78 Å². The molecule has 2 nitrogen and oxygen atoms in total. The van der Waals surface area contributed by atoms with Gasteiger partial charge in [-0.1, -0.05) is 0 Å². The molecule has 1 radical (unpaired) electrons. The monoisotopic (exact) mass is 440 g/mol. The van der Waals surface area contributed by atoms with E-state index in [1.165, 1.54) is 17.7 Å². The molecule has 1 aromatic carbocycles. The molecule has 6 heteroatoms. The van der Waals surface area contributed by atoms with E-state index in [2.05, 4.69) is 16.0 Å². The summed E-state index contributed by atoms with van der Waals surface area (Å²) in [4.78, 5) is 8.18. The van der Waals surface area contributed by atoms with Crippen molar-refractivity contribution >= 4 is 21.6 Å². The van der Waals surface area contributed by atoms with Crippen molar-refractivity contribution in [1.29, 1.82) is 0 Å². The van der Waals surface area contributed by atoms with E-state index in [4.69, 9.17) is 0 Å². The Hall–Kier alpha value is -1.23. The SMILES string of the molecule is Fc1c[c-]c(-c2ncnc3ccsc23)cc1F.[Ir]. The summed E-state index contributed by atoms with van der Waals surface area (Å²) in [5, 5.41) is 1.88. The van der Waals surface area contributed by atoms with Crippen molar-refractivity contribution in [1.82, 2.24) is 9.97 Å². The molecule has 0 saturated carbocycles. The molecule has 0 unspecified atom stereocenters. The van der Waals surface area contributed by atoms with Crippen molar-refractivity contribution < 1.29 is 28.9 Å². The van der Waals surface area contributed by atoms with Crippen LogP contribution < -0.4 is 0 Å². The van der Waals surface area contributed by atoms with Gasteiger partial charge in [0.1, 0.15) is 6.33 Å². The van der Waals surface area contributed by atoms with E-state index in [0.717, 1.165) is 22.3 Å². The van der Waals surface area contributed by atoms with Crippen LogP contribution in [0.1, 0.15) is 0 Å². The van der Waals surface area contributed by atoms with Gasteiger partial charge in [0, 0.05) is 30.5 Å². The third-order valence-electron chi connectivity index (χ3n) is 2.35. The van der Waals surface area contributed by atoms with Gasteiger partial charge in [-0.3, -0.25) is 9.37 Å². The van der Waals surface area contributed by atoms with Gasteiger partial charge in [-0.25, -0.2) is 9.37 Å². The second-order valence-electron chi connectivity index (χ2n) is 3.40. The van der Waals surface area contributed by atoms with E-state index in [1.54, 1.807) is 0 Å². The first-order chi connectivity index (χ1) is 8.25. The van der Waals surface area contributed by atoms with Gasteiger partial charge < -0.3 is 0 Å². The maximum absolute atomic E-state index is 13.2. The zero-order chi connectivity index (χ0) is 11.8. The fourth-order valence-corrected chi connectivity index (χ4v) is 2.41. The van der Waals surface area contributed by atoms with Gasteiger partial charge in [0.15, 0.2) is 0 Å². The first-order valence-corrected chi connectivity index (χ1v) is 5.69. The van der Waals surface area contributed by atoms with E-state index < -0.39 is 11.6 Å². The maximum atomic E-state index is 13.2. The summed E-state index contributed by atoms with van der Waals surface area (Å²) in [6, 6.07) is 6.60. The molecule has 3 rings (SSSR count). The quantitative estimate of drug-likeness (QED) is 0.543. The second-order valence-corrected chi connectivity index (χ2v) is 4.32. The van der Waals surface area contributed by atoms with Crippen molar-refractivity contribution in [2.75, 3.05) is 0 Å². The first-order valence-electron chi connectivity index (χ1n) is 4.81. The number of aromatic nitrogens is 2. The summed E-state index contributed by atoms with van der Waals surface area (Å²) < 4.78 is 26.8. The minimum Gasteiger partial charge on any atom is -0.284 e. The van der Waals surface area contributed by atoms with Crippen LogP contribution in [-0.2, 0) is 20.1 Å². The molecule has 3 aromatic rings. The number of fused-ring (bicyclic) bond motifs is 1. The average molecular weight is 439 g/mol. The van der Waals surface area contributed by atoms with Crippen LogP contribution in [0.2, 0.25) is 0 Å². The van der Waals surface area contributed by atoms with Gasteiger partial charge in [0.2, 0.25) is 0 Å². The second kappa shape index (κ2) is 5.18. The van der Waals surface area contributed by atoms with Gasteiger partial charge in [0.05, 0.1) is 17.2 Å². The summed E-state index contributed by atoms with van der Waals surface area (Å²) in [6.07, 6.45) is 1.40. The first kappa shape index (κ1) is 13.2. The Kier molecular flexibility index (Phi) is 3.80. The molecule has 93 valence electrons. The van der Waals surface area contributed by atoms with Crippen molar-refractivity contribution in [2.45, 2.75) is 0 Å². The predicted octanol–water partition coefficient (Wildman–Crippen LogP) is 3.43. The van der Waals surface area contributed by atoms with Crippen molar-refractivity contribution in [3.8, 4) is 11.3 Å². The number of thiophene rings is 1. The van der Waals surface area contributed by atoms with Crippen LogP contribution in [0.5, 0.6) is 0 Å². The number of hydrogen-bond acceptors (Lipinski definition) is 3. The standard InChI is InChI=1S/C12H5F2N2S.Ir/c13-8-2-1-7(5-9(8)14)11-12-10(3-4-17-12)15-6-16-11;/h2-6H;/q-1;. The molecular weight excluding hydrogens is 434 g/mol. The summed E-state index contributed by atoms with van der Waals surface area (Å²) >= 11 is 1.46. The molecule has 0 atom stereocenters. The third-order valence-corrected chi connectivity index (χ3v) is 3.26. The average Bonchev–Trinajstić information content (AvgIpc) is 2.80. The fraction of sp³-hybridized carbons (Fsp3) is 0. The molecular formula is C12H5F2IrN2S-. The molecule has 0 N–H and O–H groups in total. The van der Waals surface area contributed by atoms with E-state index in [1.807, 2.05) is 11.4 Å². The largest absolute Gasteiger partial charge is 0.284 e. The van der Waals surface area contributed by atoms with Crippen molar-refractivity contribution in [3.05, 3.63) is 47.6 Å². The van der Waals surface area contributed by atoms with Crippen LogP contribution >= 0.6 is 11.3 Å². The number of halogens is 2. The zero-order valence-corrected chi connectivity index (χ0v) is 12.0. The molecule has 0 aliphatic rings. The topological polar surface area (TPSA) is 25.8 Å². The molecule has 2 aromatic heterocycles. The molecule has 0 amide bonds. The number of nitrogens with zero attached hydrogens (tertiary/aromatic N) is 2. The smallest absolute Gasteiger partial charge is 0.106 e. The molecule has 0 aliphatic carbocycles. The Morgan fingerprint density at radius 3 is 2.78 bits per heavy atom. The van der Waals surface area contributed by atoms with Crippen LogP contribution in [0.3, 0.4) is 0 Å². The Balaban J connectivity index is 0.00000120. The van der Waals surface area contributed by atoms with Gasteiger partial charge in [-0.2, -0.15) is 11.3 Å². The number of hydrogen-bond donors (Lipinski definition) is 0. The summed E-state index contributed by atoms with van der Waals surface area (Å²) in [5.41, 5.74) is 1.79. The predicted molar refractivity (Wildman–Crippen MR) is 61.6 cm³/mol. The maximum Gasteiger partial charge on any atom is 0.106 e. The Bertz CT molecular complexity index is 699. The molecule has 0 spiro atoms. The Labute approximate surface area is 119 Å². The summed E-state index contributed by atoms with van der Waals surface area (Å²) in [7, 11) is 0. The molecule has 2 heterocycles. The summed E-state index contributed by atoms with van der Waals surface area (Å²) in [5.74, 6) is -1.81. The third kappa shape index (κ3) is 2.19. The molecule has 0 bridgehead atoms. The summed E-state index contributed by atoms with van der Waals surface area (Å²) in [6.45, 7) is 0. The van der Waals surface area contributed by atoms with Gasteiger partial charge in [0.25, 0.3) is 0 Å². The normalized spacial score (nSPS) is 10.3. The van der Waals surface area contributed by atoms with Crippen LogP contribution in [0.15, 0.2) is 29.9 Å². The Morgan fingerprint density at radius 1 is 1.17 bits per heavy atom. The van der Waals surface area contributed by atoms with Gasteiger partial charge in [-0.05, 0) is 11.4 Å². The van der Waals surface area contributed by atoms with Crippen LogP contribution in [-0.4, -0.2) is 9.97 Å². The van der Waals surface area contributed by atoms with Crippen molar-refractivity contribution in [2.24, 2.45) is 0 Å². The number of rotatable bonds is 1. The van der Waals surface area contributed by atoms with E-state index in [0.29, 0.717) is 11.3 Å². The minimum absolute atomic E-state index is 0. The van der Waals surface area contributed by atoms with Crippen LogP contribution in [0.25, 0.3) is 21.5 Å². The Morgan fingerprint density at radius 2 is 2.00 bits per heavy atom. The fourth-order valence-electron chi connectivity index (χ4n) is 1.56. The van der Waals surface area contributed by atoms with Gasteiger partial charge >= 0.3 is 0 Å². The van der Waals surface area contributed by atoms with E-state index in [9.17, 15) is 8.78 Å². The number of benzene rings is 1. The van der Waals surface area contributed by atoms with E-state index in [-0.39, 0.29) is 20.1 Å². The molecule has 18 heavy (non-hydrogen) atoms.